The van der Waals surface area contributed by atoms with E-state index in [2.05, 4.69) is 5.32 Å². The van der Waals surface area contributed by atoms with Crippen molar-refractivity contribution in [3.63, 3.8) is 0 Å². The van der Waals surface area contributed by atoms with E-state index in [1.165, 1.54) is 26.8 Å². The predicted molar refractivity (Wildman–Crippen MR) is 114 cm³/mol. The molecule has 9 nitrogen and oxygen atoms in total. The van der Waals surface area contributed by atoms with E-state index in [4.69, 9.17) is 18.9 Å². The van der Waals surface area contributed by atoms with Gasteiger partial charge in [-0.1, -0.05) is 12.1 Å². The van der Waals surface area contributed by atoms with Gasteiger partial charge in [0.15, 0.2) is 18.1 Å². The molecule has 1 N–H and O–H groups in total. The number of esters is 3. The number of amides is 1. The Morgan fingerprint density at radius 3 is 2.06 bits per heavy atom. The van der Waals surface area contributed by atoms with Gasteiger partial charge in [-0.15, -0.1) is 0 Å². The average Bonchev–Trinajstić information content (AvgIpc) is 2.69. The maximum absolute atomic E-state index is 12.1. The van der Waals surface area contributed by atoms with Crippen molar-refractivity contribution >= 4 is 23.8 Å². The van der Waals surface area contributed by atoms with Gasteiger partial charge in [0.25, 0.3) is 5.91 Å². The second kappa shape index (κ2) is 11.5. The molecule has 0 fully saturated rings. The number of rotatable bonds is 9. The molecular formula is C23H25NO8. The van der Waals surface area contributed by atoms with E-state index in [1.54, 1.807) is 37.3 Å². The van der Waals surface area contributed by atoms with Crippen LogP contribution in [0, 0.1) is 6.92 Å². The molecule has 0 saturated carbocycles. The fourth-order valence-electron chi connectivity index (χ4n) is 2.66. The van der Waals surface area contributed by atoms with E-state index in [0.29, 0.717) is 24.5 Å². The summed E-state index contributed by atoms with van der Waals surface area (Å²) in [6.45, 7) is 5.68. The van der Waals surface area contributed by atoms with Crippen molar-refractivity contribution < 1.29 is 38.1 Å². The van der Waals surface area contributed by atoms with Crippen LogP contribution in [0.4, 0.5) is 0 Å². The standard InChI is InChI=1S/C23H25NO8/c1-14-5-7-19(12-21(14)31-16(3)26)29-13-23(28)24-10-9-18-6-8-20(30-15(2)25)22(11-18)32-17(4)27/h5-8,11-12H,9-10,13H2,1-4H3,(H,24,28). The number of benzene rings is 2. The van der Waals surface area contributed by atoms with Crippen molar-refractivity contribution in [3.05, 3.63) is 47.5 Å². The zero-order valence-corrected chi connectivity index (χ0v) is 18.4. The number of carbonyl (C=O) groups is 4. The largest absolute Gasteiger partial charge is 0.484 e. The minimum absolute atomic E-state index is 0.128. The fourth-order valence-corrected chi connectivity index (χ4v) is 2.66. The molecule has 170 valence electrons. The first-order valence-corrected chi connectivity index (χ1v) is 9.82. The number of ether oxygens (including phenoxy) is 4. The van der Waals surface area contributed by atoms with Gasteiger partial charge in [-0.3, -0.25) is 19.2 Å². The summed E-state index contributed by atoms with van der Waals surface area (Å²) in [7, 11) is 0. The molecule has 0 aliphatic rings. The van der Waals surface area contributed by atoms with Crippen LogP contribution in [0.25, 0.3) is 0 Å². The zero-order chi connectivity index (χ0) is 23.7. The Kier molecular flexibility index (Phi) is 8.76. The van der Waals surface area contributed by atoms with E-state index in [-0.39, 0.29) is 24.0 Å². The summed E-state index contributed by atoms with van der Waals surface area (Å²) in [5.41, 5.74) is 1.53. The van der Waals surface area contributed by atoms with Gasteiger partial charge in [0.1, 0.15) is 11.5 Å². The lowest BCUT2D eigenvalue weighted by Gasteiger charge is -2.12. The number of hydrogen-bond donors (Lipinski definition) is 1. The number of aryl methyl sites for hydroxylation is 1. The summed E-state index contributed by atoms with van der Waals surface area (Å²) >= 11 is 0. The smallest absolute Gasteiger partial charge is 0.308 e. The minimum atomic E-state index is -0.547. The summed E-state index contributed by atoms with van der Waals surface area (Å²) in [6.07, 6.45) is 0.446. The SMILES string of the molecule is CC(=O)Oc1cc(OCC(=O)NCCc2ccc(OC(C)=O)c(OC(C)=O)c2)ccc1C. The second-order valence-corrected chi connectivity index (χ2v) is 6.88. The highest BCUT2D eigenvalue weighted by Crippen LogP contribution is 2.29. The summed E-state index contributed by atoms with van der Waals surface area (Å²) in [5.74, 6) is -0.828. The number of hydrogen-bond acceptors (Lipinski definition) is 8. The van der Waals surface area contributed by atoms with E-state index < -0.39 is 17.9 Å². The van der Waals surface area contributed by atoms with Crippen LogP contribution in [0.15, 0.2) is 36.4 Å². The van der Waals surface area contributed by atoms with Crippen LogP contribution in [0.1, 0.15) is 31.9 Å². The number of carbonyl (C=O) groups excluding carboxylic acids is 4. The topological polar surface area (TPSA) is 117 Å². The van der Waals surface area contributed by atoms with Crippen molar-refractivity contribution in [1.29, 1.82) is 0 Å². The summed E-state index contributed by atoms with van der Waals surface area (Å²) in [5, 5.41) is 2.72. The van der Waals surface area contributed by atoms with Crippen molar-refractivity contribution in [2.24, 2.45) is 0 Å². The molecule has 32 heavy (non-hydrogen) atoms. The molecule has 2 aromatic rings. The van der Waals surface area contributed by atoms with Crippen LogP contribution in [-0.4, -0.2) is 37.0 Å². The summed E-state index contributed by atoms with van der Waals surface area (Å²) in [6, 6.07) is 9.76. The molecule has 0 bridgehead atoms. The monoisotopic (exact) mass is 443 g/mol. The molecule has 2 aromatic carbocycles. The van der Waals surface area contributed by atoms with Gasteiger partial charge in [0, 0.05) is 33.4 Å². The van der Waals surface area contributed by atoms with Crippen LogP contribution in [0.3, 0.4) is 0 Å². The van der Waals surface area contributed by atoms with Gasteiger partial charge in [0.2, 0.25) is 0 Å². The molecule has 0 saturated heterocycles. The lowest BCUT2D eigenvalue weighted by molar-refractivity contribution is -0.134. The Morgan fingerprint density at radius 1 is 0.781 bits per heavy atom. The van der Waals surface area contributed by atoms with Crippen LogP contribution < -0.4 is 24.3 Å². The predicted octanol–water partition coefficient (Wildman–Crippen LogP) is 2.51. The summed E-state index contributed by atoms with van der Waals surface area (Å²) in [4.78, 5) is 45.7. The van der Waals surface area contributed by atoms with Gasteiger partial charge < -0.3 is 24.3 Å². The van der Waals surface area contributed by atoms with E-state index in [9.17, 15) is 19.2 Å². The zero-order valence-electron chi connectivity index (χ0n) is 18.4. The fraction of sp³-hybridized carbons (Fsp3) is 0.304. The van der Waals surface area contributed by atoms with Crippen molar-refractivity contribution in [3.8, 4) is 23.0 Å². The third kappa shape index (κ3) is 8.10. The molecule has 1 amide bonds. The Morgan fingerprint density at radius 2 is 1.41 bits per heavy atom. The number of nitrogens with one attached hydrogen (secondary N) is 1. The molecule has 0 aromatic heterocycles. The van der Waals surface area contributed by atoms with Gasteiger partial charge in [-0.05, 0) is 42.7 Å². The quantitative estimate of drug-likeness (QED) is 0.464. The van der Waals surface area contributed by atoms with Gasteiger partial charge in [-0.2, -0.15) is 0 Å². The third-order valence-electron chi connectivity index (χ3n) is 4.03. The van der Waals surface area contributed by atoms with Gasteiger partial charge >= 0.3 is 17.9 Å². The van der Waals surface area contributed by atoms with Crippen LogP contribution in [-0.2, 0) is 25.6 Å². The highest BCUT2D eigenvalue weighted by Gasteiger charge is 2.12. The lowest BCUT2D eigenvalue weighted by atomic mass is 10.1. The minimum Gasteiger partial charge on any atom is -0.484 e. The van der Waals surface area contributed by atoms with Crippen LogP contribution in [0.2, 0.25) is 0 Å². The Hall–Kier alpha value is -3.88. The van der Waals surface area contributed by atoms with E-state index in [1.807, 2.05) is 0 Å². The Bertz CT molecular complexity index is 1020. The molecule has 2 rings (SSSR count). The first-order chi connectivity index (χ1) is 15.1. The third-order valence-corrected chi connectivity index (χ3v) is 4.03. The van der Waals surface area contributed by atoms with Crippen molar-refractivity contribution in [2.45, 2.75) is 34.1 Å². The molecule has 0 spiro atoms. The molecule has 9 heteroatoms. The first kappa shape index (κ1) is 24.4. The van der Waals surface area contributed by atoms with Gasteiger partial charge in [-0.25, -0.2) is 0 Å². The van der Waals surface area contributed by atoms with Gasteiger partial charge in [0.05, 0.1) is 0 Å². The van der Waals surface area contributed by atoms with Crippen molar-refractivity contribution in [2.75, 3.05) is 13.2 Å². The normalized spacial score (nSPS) is 10.1. The lowest BCUT2D eigenvalue weighted by Crippen LogP contribution is -2.30. The maximum atomic E-state index is 12.1. The Labute approximate surface area is 185 Å². The van der Waals surface area contributed by atoms with Crippen LogP contribution in [0.5, 0.6) is 23.0 Å². The molecule has 0 aliphatic carbocycles. The van der Waals surface area contributed by atoms with E-state index >= 15 is 0 Å². The highest BCUT2D eigenvalue weighted by atomic mass is 16.6. The summed E-state index contributed by atoms with van der Waals surface area (Å²) < 4.78 is 20.7. The molecule has 0 heterocycles. The second-order valence-electron chi connectivity index (χ2n) is 6.88. The maximum Gasteiger partial charge on any atom is 0.308 e. The average molecular weight is 443 g/mol. The molecule has 0 unspecified atom stereocenters. The molecular weight excluding hydrogens is 418 g/mol. The Balaban J connectivity index is 1.88. The molecule has 0 atom stereocenters. The molecule has 0 aliphatic heterocycles. The highest BCUT2D eigenvalue weighted by molar-refractivity contribution is 5.77. The van der Waals surface area contributed by atoms with Crippen LogP contribution >= 0.6 is 0 Å². The van der Waals surface area contributed by atoms with Crippen molar-refractivity contribution in [1.82, 2.24) is 5.32 Å². The first-order valence-electron chi connectivity index (χ1n) is 9.82. The molecule has 0 radical (unpaired) electrons. The van der Waals surface area contributed by atoms with E-state index in [0.717, 1.165) is 11.1 Å².